The van der Waals surface area contributed by atoms with Gasteiger partial charge in [0.25, 0.3) is 0 Å². The van der Waals surface area contributed by atoms with Crippen LogP contribution in [0.15, 0.2) is 17.5 Å². The van der Waals surface area contributed by atoms with Crippen molar-refractivity contribution in [3.8, 4) is 0 Å². The van der Waals surface area contributed by atoms with Crippen LogP contribution in [0.5, 0.6) is 0 Å². The molecule has 2 rings (SSSR count). The van der Waals surface area contributed by atoms with Gasteiger partial charge in [-0.1, -0.05) is 13.0 Å². The molecule has 5 heteroatoms. The zero-order valence-electron chi connectivity index (χ0n) is 11.0. The van der Waals surface area contributed by atoms with Gasteiger partial charge in [0.2, 0.25) is 5.91 Å². The maximum atomic E-state index is 11.9. The average Bonchev–Trinajstić information content (AvgIpc) is 2.76. The number of thiophene rings is 1. The standard InChI is InChI=1S/C14H19NO3S/c1-9(7-10-3-2-6-19-10)8-15-13(16)11-4-5-12(11)14(17)18/h2-3,6,9,11-12H,4-5,7-8H2,1H3,(H,15,16)(H,17,18). The van der Waals surface area contributed by atoms with Crippen LogP contribution in [-0.2, 0) is 16.0 Å². The van der Waals surface area contributed by atoms with E-state index in [1.165, 1.54) is 4.88 Å². The van der Waals surface area contributed by atoms with Crippen LogP contribution < -0.4 is 5.32 Å². The van der Waals surface area contributed by atoms with Gasteiger partial charge >= 0.3 is 5.97 Å². The van der Waals surface area contributed by atoms with Crippen LogP contribution in [0.25, 0.3) is 0 Å². The third-order valence-electron chi connectivity index (χ3n) is 3.68. The number of amides is 1. The zero-order chi connectivity index (χ0) is 13.8. The summed E-state index contributed by atoms with van der Waals surface area (Å²) in [6.07, 6.45) is 2.27. The third kappa shape index (κ3) is 3.56. The quantitative estimate of drug-likeness (QED) is 0.839. The molecular formula is C14H19NO3S. The van der Waals surface area contributed by atoms with Gasteiger partial charge in [0, 0.05) is 11.4 Å². The topological polar surface area (TPSA) is 66.4 Å². The average molecular weight is 281 g/mol. The molecule has 0 saturated heterocycles. The highest BCUT2D eigenvalue weighted by Crippen LogP contribution is 2.34. The Morgan fingerprint density at radius 3 is 2.74 bits per heavy atom. The van der Waals surface area contributed by atoms with Crippen LogP contribution in [0.4, 0.5) is 0 Å². The normalized spacial score (nSPS) is 23.4. The highest BCUT2D eigenvalue weighted by Gasteiger charge is 2.41. The van der Waals surface area contributed by atoms with Gasteiger partial charge < -0.3 is 10.4 Å². The summed E-state index contributed by atoms with van der Waals surface area (Å²) in [6.45, 7) is 2.70. The number of carboxylic acid groups (broad SMARTS) is 1. The van der Waals surface area contributed by atoms with Crippen molar-refractivity contribution < 1.29 is 14.7 Å². The maximum absolute atomic E-state index is 11.9. The number of carbonyl (C=O) groups is 2. The summed E-state index contributed by atoms with van der Waals surface area (Å²) in [5.41, 5.74) is 0. The van der Waals surface area contributed by atoms with Crippen LogP contribution >= 0.6 is 11.3 Å². The molecule has 3 atom stereocenters. The smallest absolute Gasteiger partial charge is 0.307 e. The first-order valence-electron chi connectivity index (χ1n) is 6.61. The van der Waals surface area contributed by atoms with E-state index in [4.69, 9.17) is 5.11 Å². The first-order chi connectivity index (χ1) is 9.08. The Labute approximate surface area is 116 Å². The molecule has 0 radical (unpaired) electrons. The van der Waals surface area contributed by atoms with Crippen molar-refractivity contribution in [2.24, 2.45) is 17.8 Å². The molecule has 1 fully saturated rings. The molecular weight excluding hydrogens is 262 g/mol. The number of carbonyl (C=O) groups excluding carboxylic acids is 1. The minimum atomic E-state index is -0.849. The van der Waals surface area contributed by atoms with Gasteiger partial charge in [-0.25, -0.2) is 0 Å². The fourth-order valence-electron chi connectivity index (χ4n) is 2.36. The second-order valence-corrected chi connectivity index (χ2v) is 6.29. The molecule has 0 bridgehead atoms. The molecule has 1 amide bonds. The summed E-state index contributed by atoms with van der Waals surface area (Å²) >= 11 is 1.72. The third-order valence-corrected chi connectivity index (χ3v) is 4.58. The van der Waals surface area contributed by atoms with Crippen molar-refractivity contribution in [2.75, 3.05) is 6.54 Å². The summed E-state index contributed by atoms with van der Waals surface area (Å²) in [4.78, 5) is 24.1. The second kappa shape index (κ2) is 6.19. The minimum Gasteiger partial charge on any atom is -0.481 e. The molecule has 1 aromatic heterocycles. The molecule has 1 aromatic rings. The van der Waals surface area contributed by atoms with E-state index in [1.54, 1.807) is 11.3 Å². The van der Waals surface area contributed by atoms with E-state index in [0.717, 1.165) is 6.42 Å². The number of aliphatic carboxylic acids is 1. The Balaban J connectivity index is 1.73. The Kier molecular flexibility index (Phi) is 4.58. The van der Waals surface area contributed by atoms with E-state index in [1.807, 2.05) is 11.4 Å². The van der Waals surface area contributed by atoms with E-state index in [9.17, 15) is 9.59 Å². The number of carboxylic acids is 1. The maximum Gasteiger partial charge on any atom is 0.307 e. The fourth-order valence-corrected chi connectivity index (χ4v) is 3.23. The van der Waals surface area contributed by atoms with Gasteiger partial charge in [-0.2, -0.15) is 0 Å². The van der Waals surface area contributed by atoms with Gasteiger partial charge in [-0.05, 0) is 36.6 Å². The summed E-state index contributed by atoms with van der Waals surface area (Å²) in [7, 11) is 0. The molecule has 1 aliphatic carbocycles. The first-order valence-corrected chi connectivity index (χ1v) is 7.48. The molecule has 0 spiro atoms. The van der Waals surface area contributed by atoms with Crippen molar-refractivity contribution >= 4 is 23.2 Å². The van der Waals surface area contributed by atoms with Crippen molar-refractivity contribution in [1.29, 1.82) is 0 Å². The fraction of sp³-hybridized carbons (Fsp3) is 0.571. The predicted molar refractivity (Wildman–Crippen MR) is 74.0 cm³/mol. The molecule has 1 heterocycles. The lowest BCUT2D eigenvalue weighted by molar-refractivity contribution is -0.152. The van der Waals surface area contributed by atoms with Crippen molar-refractivity contribution in [2.45, 2.75) is 26.2 Å². The second-order valence-electron chi connectivity index (χ2n) is 5.26. The minimum absolute atomic E-state index is 0.100. The van der Waals surface area contributed by atoms with Gasteiger partial charge in [0.15, 0.2) is 0 Å². The number of rotatable bonds is 6. The van der Waals surface area contributed by atoms with Gasteiger partial charge in [0.05, 0.1) is 11.8 Å². The lowest BCUT2D eigenvalue weighted by Crippen LogP contribution is -2.45. The lowest BCUT2D eigenvalue weighted by Gasteiger charge is -2.32. The molecule has 1 aliphatic rings. The summed E-state index contributed by atoms with van der Waals surface area (Å²) in [5, 5.41) is 13.9. The Morgan fingerprint density at radius 1 is 1.47 bits per heavy atom. The first kappa shape index (κ1) is 14.1. The monoisotopic (exact) mass is 281 g/mol. The predicted octanol–water partition coefficient (Wildman–Crippen LogP) is 2.15. The molecule has 1 saturated carbocycles. The molecule has 2 N–H and O–H groups in total. The van der Waals surface area contributed by atoms with Crippen LogP contribution in [0.2, 0.25) is 0 Å². The zero-order valence-corrected chi connectivity index (χ0v) is 11.8. The van der Waals surface area contributed by atoms with Crippen molar-refractivity contribution in [3.05, 3.63) is 22.4 Å². The van der Waals surface area contributed by atoms with Gasteiger partial charge in [0.1, 0.15) is 0 Å². The van der Waals surface area contributed by atoms with E-state index in [2.05, 4.69) is 18.3 Å². The molecule has 104 valence electrons. The SMILES string of the molecule is CC(CNC(=O)C1CCC1C(=O)O)Cc1cccs1. The number of nitrogens with one attached hydrogen (secondary N) is 1. The molecule has 19 heavy (non-hydrogen) atoms. The van der Waals surface area contributed by atoms with Gasteiger partial charge in [-0.15, -0.1) is 11.3 Å². The van der Waals surface area contributed by atoms with Crippen LogP contribution in [0, 0.1) is 17.8 Å². The van der Waals surface area contributed by atoms with E-state index in [-0.39, 0.29) is 11.8 Å². The van der Waals surface area contributed by atoms with E-state index in [0.29, 0.717) is 25.3 Å². The Hall–Kier alpha value is -1.36. The lowest BCUT2D eigenvalue weighted by atomic mass is 9.73. The molecule has 4 nitrogen and oxygen atoms in total. The summed E-state index contributed by atoms with van der Waals surface area (Å²) in [6, 6.07) is 4.12. The van der Waals surface area contributed by atoms with Crippen molar-refractivity contribution in [3.63, 3.8) is 0 Å². The van der Waals surface area contributed by atoms with Crippen LogP contribution in [-0.4, -0.2) is 23.5 Å². The van der Waals surface area contributed by atoms with Crippen LogP contribution in [0.3, 0.4) is 0 Å². The highest BCUT2D eigenvalue weighted by atomic mass is 32.1. The summed E-state index contributed by atoms with van der Waals surface area (Å²) in [5.74, 6) is -1.39. The van der Waals surface area contributed by atoms with Crippen LogP contribution in [0.1, 0.15) is 24.6 Å². The number of hydrogen-bond acceptors (Lipinski definition) is 3. The summed E-state index contributed by atoms with van der Waals surface area (Å²) < 4.78 is 0. The molecule has 0 aromatic carbocycles. The Morgan fingerprint density at radius 2 is 2.21 bits per heavy atom. The van der Waals surface area contributed by atoms with E-state index >= 15 is 0 Å². The molecule has 0 aliphatic heterocycles. The van der Waals surface area contributed by atoms with E-state index < -0.39 is 11.9 Å². The molecule has 3 unspecified atom stereocenters. The number of hydrogen-bond donors (Lipinski definition) is 2. The highest BCUT2D eigenvalue weighted by molar-refractivity contribution is 7.09. The van der Waals surface area contributed by atoms with Gasteiger partial charge in [-0.3, -0.25) is 9.59 Å². The Bertz CT molecular complexity index is 444. The van der Waals surface area contributed by atoms with Crippen molar-refractivity contribution in [1.82, 2.24) is 5.32 Å². The largest absolute Gasteiger partial charge is 0.481 e.